The summed E-state index contributed by atoms with van der Waals surface area (Å²) in [7, 11) is 0. The minimum atomic E-state index is -0.396. The number of amides is 2. The van der Waals surface area contributed by atoms with Crippen LogP contribution in [0.2, 0.25) is 0 Å². The third kappa shape index (κ3) is 5.94. The van der Waals surface area contributed by atoms with Crippen molar-refractivity contribution in [2.45, 2.75) is 26.2 Å². The lowest BCUT2D eigenvalue weighted by Gasteiger charge is -2.09. The van der Waals surface area contributed by atoms with Crippen LogP contribution in [0.4, 0.5) is 11.4 Å². The fourth-order valence-corrected chi connectivity index (χ4v) is 2.32. The van der Waals surface area contributed by atoms with E-state index in [0.29, 0.717) is 17.8 Å². The molecular formula is C17H20N2O4. The minimum absolute atomic E-state index is 0.161. The molecular weight excluding hydrogens is 296 g/mol. The van der Waals surface area contributed by atoms with E-state index >= 15 is 0 Å². The van der Waals surface area contributed by atoms with Gasteiger partial charge in [0, 0.05) is 18.3 Å². The number of benzene rings is 1. The smallest absolute Gasteiger partial charge is 0.306 e. The van der Waals surface area contributed by atoms with Gasteiger partial charge in [0.2, 0.25) is 5.91 Å². The Balaban J connectivity index is 1.72. The number of allylic oxidation sites excluding steroid dienone is 2. The van der Waals surface area contributed by atoms with Crippen LogP contribution in [0.25, 0.3) is 0 Å². The highest BCUT2D eigenvalue weighted by Gasteiger charge is 2.16. The molecule has 0 spiro atoms. The molecule has 1 aliphatic rings. The van der Waals surface area contributed by atoms with Crippen LogP contribution >= 0.6 is 0 Å². The van der Waals surface area contributed by atoms with Crippen LogP contribution in [0.5, 0.6) is 0 Å². The Morgan fingerprint density at radius 1 is 1.13 bits per heavy atom. The first kappa shape index (κ1) is 16.7. The maximum atomic E-state index is 11.7. The van der Waals surface area contributed by atoms with Gasteiger partial charge in [-0.05, 0) is 43.0 Å². The average molecular weight is 316 g/mol. The first-order chi connectivity index (χ1) is 11.0. The number of esters is 1. The van der Waals surface area contributed by atoms with Gasteiger partial charge in [-0.2, -0.15) is 0 Å². The molecule has 0 aromatic heterocycles. The van der Waals surface area contributed by atoms with Crippen molar-refractivity contribution in [3.05, 3.63) is 36.4 Å². The Morgan fingerprint density at radius 3 is 2.35 bits per heavy atom. The van der Waals surface area contributed by atoms with Gasteiger partial charge in [0.15, 0.2) is 6.61 Å². The minimum Gasteiger partial charge on any atom is -0.456 e. The number of hydrogen-bond donors (Lipinski definition) is 2. The molecule has 6 nitrogen and oxygen atoms in total. The highest BCUT2D eigenvalue weighted by atomic mass is 16.5. The second-order valence-electron chi connectivity index (χ2n) is 5.44. The molecule has 2 amide bonds. The van der Waals surface area contributed by atoms with Crippen LogP contribution in [0.3, 0.4) is 0 Å². The van der Waals surface area contributed by atoms with Crippen LogP contribution in [0.1, 0.15) is 26.2 Å². The van der Waals surface area contributed by atoms with Gasteiger partial charge >= 0.3 is 5.97 Å². The first-order valence-electron chi connectivity index (χ1n) is 7.53. The maximum absolute atomic E-state index is 11.7. The zero-order valence-corrected chi connectivity index (χ0v) is 13.0. The van der Waals surface area contributed by atoms with E-state index in [-0.39, 0.29) is 24.4 Å². The highest BCUT2D eigenvalue weighted by Crippen LogP contribution is 2.20. The summed E-state index contributed by atoms with van der Waals surface area (Å²) in [5, 5.41) is 5.26. The fraction of sp³-hybridized carbons (Fsp3) is 0.353. The van der Waals surface area contributed by atoms with E-state index in [1.54, 1.807) is 24.3 Å². The molecule has 0 unspecified atom stereocenters. The molecule has 1 aromatic carbocycles. The third-order valence-corrected chi connectivity index (χ3v) is 3.39. The number of nitrogens with one attached hydrogen (secondary N) is 2. The van der Waals surface area contributed by atoms with E-state index in [9.17, 15) is 14.4 Å². The normalized spacial score (nSPS) is 16.0. The molecule has 0 saturated heterocycles. The highest BCUT2D eigenvalue weighted by molar-refractivity contribution is 5.93. The molecule has 2 N–H and O–H groups in total. The summed E-state index contributed by atoms with van der Waals surface area (Å²) in [5.41, 5.74) is 1.21. The van der Waals surface area contributed by atoms with Crippen molar-refractivity contribution in [3.8, 4) is 0 Å². The van der Waals surface area contributed by atoms with Crippen LogP contribution in [0.15, 0.2) is 36.4 Å². The lowest BCUT2D eigenvalue weighted by atomic mass is 10.1. The fourth-order valence-electron chi connectivity index (χ4n) is 2.32. The van der Waals surface area contributed by atoms with Crippen molar-refractivity contribution in [2.75, 3.05) is 17.2 Å². The van der Waals surface area contributed by atoms with E-state index in [1.807, 2.05) is 6.08 Å². The standard InChI is InChI=1S/C17H20N2O4/c1-12(20)18-14-6-8-15(9-7-14)19-16(21)11-23-17(22)10-13-4-2-3-5-13/h2,4,6-9,13H,3,5,10-11H2,1H3,(H,18,20)(H,19,21)/t13-/m1/s1. The Morgan fingerprint density at radius 2 is 1.78 bits per heavy atom. The predicted molar refractivity (Wildman–Crippen MR) is 86.8 cm³/mol. The topological polar surface area (TPSA) is 84.5 Å². The molecule has 1 aliphatic carbocycles. The van der Waals surface area contributed by atoms with Crippen molar-refractivity contribution >= 4 is 29.2 Å². The van der Waals surface area contributed by atoms with Gasteiger partial charge in [0.05, 0.1) is 6.42 Å². The third-order valence-electron chi connectivity index (χ3n) is 3.39. The average Bonchev–Trinajstić information content (AvgIpc) is 2.99. The molecule has 1 atom stereocenters. The van der Waals surface area contributed by atoms with Crippen molar-refractivity contribution in [1.29, 1.82) is 0 Å². The summed E-state index contributed by atoms with van der Waals surface area (Å²) >= 11 is 0. The number of anilines is 2. The molecule has 0 bridgehead atoms. The second-order valence-corrected chi connectivity index (χ2v) is 5.44. The Kier molecular flexibility index (Phi) is 5.91. The van der Waals surface area contributed by atoms with Gasteiger partial charge in [-0.25, -0.2) is 0 Å². The van der Waals surface area contributed by atoms with Crippen molar-refractivity contribution in [2.24, 2.45) is 5.92 Å². The van der Waals surface area contributed by atoms with Gasteiger partial charge < -0.3 is 15.4 Å². The molecule has 0 aliphatic heterocycles. The predicted octanol–water partition coefficient (Wildman–Crippen LogP) is 2.48. The summed E-state index contributed by atoms with van der Waals surface area (Å²) in [6, 6.07) is 6.67. The summed E-state index contributed by atoms with van der Waals surface area (Å²) in [5.74, 6) is -0.692. The number of hydrogen-bond acceptors (Lipinski definition) is 4. The summed E-state index contributed by atoms with van der Waals surface area (Å²) in [6.07, 6.45) is 6.33. The van der Waals surface area contributed by atoms with Crippen LogP contribution < -0.4 is 10.6 Å². The van der Waals surface area contributed by atoms with Crippen LogP contribution in [0, 0.1) is 5.92 Å². The quantitative estimate of drug-likeness (QED) is 0.624. The van der Waals surface area contributed by atoms with Gasteiger partial charge in [-0.3, -0.25) is 14.4 Å². The largest absolute Gasteiger partial charge is 0.456 e. The molecule has 1 aromatic rings. The Bertz CT molecular complexity index is 608. The van der Waals surface area contributed by atoms with Gasteiger partial charge in [-0.1, -0.05) is 12.2 Å². The van der Waals surface area contributed by atoms with Gasteiger partial charge in [0.1, 0.15) is 0 Å². The summed E-state index contributed by atoms with van der Waals surface area (Å²) < 4.78 is 4.97. The van der Waals surface area contributed by atoms with E-state index < -0.39 is 5.91 Å². The van der Waals surface area contributed by atoms with Gasteiger partial charge in [-0.15, -0.1) is 0 Å². The van der Waals surface area contributed by atoms with Crippen molar-refractivity contribution in [1.82, 2.24) is 0 Å². The number of rotatable bonds is 6. The lowest BCUT2D eigenvalue weighted by molar-refractivity contribution is -0.147. The SMILES string of the molecule is CC(=O)Nc1ccc(NC(=O)COC(=O)C[C@@H]2C=CCC2)cc1. The van der Waals surface area contributed by atoms with E-state index in [4.69, 9.17) is 4.74 Å². The van der Waals surface area contributed by atoms with Crippen LogP contribution in [-0.4, -0.2) is 24.4 Å². The molecule has 122 valence electrons. The molecule has 23 heavy (non-hydrogen) atoms. The molecule has 0 fully saturated rings. The Hall–Kier alpha value is -2.63. The summed E-state index contributed by atoms with van der Waals surface area (Å²) in [4.78, 5) is 34.3. The number of carbonyl (C=O) groups is 3. The van der Waals surface area contributed by atoms with Crippen molar-refractivity contribution in [3.63, 3.8) is 0 Å². The molecule has 0 saturated carbocycles. The van der Waals surface area contributed by atoms with Crippen molar-refractivity contribution < 1.29 is 19.1 Å². The first-order valence-corrected chi connectivity index (χ1v) is 7.53. The lowest BCUT2D eigenvalue weighted by Crippen LogP contribution is -2.21. The monoisotopic (exact) mass is 316 g/mol. The van der Waals surface area contributed by atoms with E-state index in [0.717, 1.165) is 12.8 Å². The zero-order valence-electron chi connectivity index (χ0n) is 13.0. The Labute approximate surface area is 134 Å². The second kappa shape index (κ2) is 8.12. The van der Waals surface area contributed by atoms with E-state index in [2.05, 4.69) is 16.7 Å². The zero-order chi connectivity index (χ0) is 16.7. The van der Waals surface area contributed by atoms with Gasteiger partial charge in [0.25, 0.3) is 5.91 Å². The van der Waals surface area contributed by atoms with Crippen LogP contribution in [-0.2, 0) is 19.1 Å². The molecule has 0 radical (unpaired) electrons. The molecule has 0 heterocycles. The number of carbonyl (C=O) groups excluding carboxylic acids is 3. The van der Waals surface area contributed by atoms with E-state index in [1.165, 1.54) is 6.92 Å². The maximum Gasteiger partial charge on any atom is 0.306 e. The number of ether oxygens (including phenoxy) is 1. The summed E-state index contributed by atoms with van der Waals surface area (Å²) in [6.45, 7) is 1.12. The molecule has 6 heteroatoms. The molecule has 2 rings (SSSR count).